The van der Waals surface area contributed by atoms with E-state index in [9.17, 15) is 8.78 Å². The zero-order valence-corrected chi connectivity index (χ0v) is 14.3. The van der Waals surface area contributed by atoms with Crippen LogP contribution < -0.4 is 10.6 Å². The highest BCUT2D eigenvalue weighted by atomic mass is 19.3. The van der Waals surface area contributed by atoms with Gasteiger partial charge in [-0.2, -0.15) is 0 Å². The molecule has 3 aromatic rings. The van der Waals surface area contributed by atoms with Crippen molar-refractivity contribution in [2.75, 3.05) is 18.0 Å². The van der Waals surface area contributed by atoms with E-state index in [-0.39, 0.29) is 32.0 Å². The zero-order valence-electron chi connectivity index (χ0n) is 14.3. The molecule has 1 aliphatic heterocycles. The number of halogens is 2. The third kappa shape index (κ3) is 2.72. The summed E-state index contributed by atoms with van der Waals surface area (Å²) in [5.74, 6) is -1.93. The fourth-order valence-electron chi connectivity index (χ4n) is 3.52. The smallest absolute Gasteiger partial charge is 0.251 e. The Morgan fingerprint density at radius 3 is 2.64 bits per heavy atom. The lowest BCUT2D eigenvalue weighted by atomic mass is 10.0. The van der Waals surface area contributed by atoms with Crippen LogP contribution in [-0.4, -0.2) is 33.4 Å². The second kappa shape index (κ2) is 5.62. The number of nitrogens with two attached hydrogens (primary N) is 1. The summed E-state index contributed by atoms with van der Waals surface area (Å²) in [6.45, 7) is 4.49. The highest BCUT2D eigenvalue weighted by molar-refractivity contribution is 5.95. The van der Waals surface area contributed by atoms with Crippen molar-refractivity contribution in [3.63, 3.8) is 0 Å². The lowest BCUT2D eigenvalue weighted by Gasteiger charge is -2.33. The fourth-order valence-corrected chi connectivity index (χ4v) is 3.52. The highest BCUT2D eigenvalue weighted by Gasteiger charge is 2.35. The van der Waals surface area contributed by atoms with Gasteiger partial charge in [-0.05, 0) is 31.0 Å². The number of benzene rings is 1. The van der Waals surface area contributed by atoms with E-state index >= 15 is 0 Å². The van der Waals surface area contributed by atoms with Crippen molar-refractivity contribution in [2.24, 2.45) is 5.73 Å². The fraction of sp³-hybridized carbons (Fsp3) is 0.444. The number of aryl methyl sites for hydroxylation is 1. The molecule has 1 atom stereocenters. The van der Waals surface area contributed by atoms with E-state index in [4.69, 9.17) is 10.7 Å². The van der Waals surface area contributed by atoms with E-state index < -0.39 is 5.92 Å². The van der Waals surface area contributed by atoms with E-state index in [1.165, 1.54) is 0 Å². The number of fused-ring (bicyclic) bond motifs is 3. The lowest BCUT2D eigenvalue weighted by Crippen LogP contribution is -2.40. The van der Waals surface area contributed by atoms with E-state index in [0.717, 1.165) is 27.7 Å². The summed E-state index contributed by atoms with van der Waals surface area (Å²) in [6, 6.07) is 3.91. The van der Waals surface area contributed by atoms with Crippen LogP contribution in [0.25, 0.3) is 16.6 Å². The summed E-state index contributed by atoms with van der Waals surface area (Å²) in [7, 11) is 0. The van der Waals surface area contributed by atoms with Crippen LogP contribution in [0.1, 0.15) is 36.9 Å². The molecule has 2 N–H and O–H groups in total. The predicted molar refractivity (Wildman–Crippen MR) is 94.2 cm³/mol. The monoisotopic (exact) mass is 345 g/mol. The Balaban J connectivity index is 1.94. The van der Waals surface area contributed by atoms with Crippen molar-refractivity contribution in [2.45, 2.75) is 38.7 Å². The molecule has 4 rings (SSSR count). The second-order valence-corrected chi connectivity index (χ2v) is 6.91. The van der Waals surface area contributed by atoms with Crippen LogP contribution in [0, 0.1) is 6.92 Å². The number of hydrogen-bond acceptors (Lipinski definition) is 4. The number of rotatable bonds is 2. The first-order valence-electron chi connectivity index (χ1n) is 8.51. The lowest BCUT2D eigenvalue weighted by molar-refractivity contribution is -0.0222. The number of nitrogens with zero attached hydrogens (tertiary/aromatic N) is 4. The van der Waals surface area contributed by atoms with Crippen LogP contribution in [0.4, 0.5) is 14.7 Å². The summed E-state index contributed by atoms with van der Waals surface area (Å²) < 4.78 is 28.9. The molecule has 1 aromatic carbocycles. The quantitative estimate of drug-likeness (QED) is 0.773. The van der Waals surface area contributed by atoms with Crippen LogP contribution in [0.2, 0.25) is 0 Å². The third-order valence-corrected chi connectivity index (χ3v) is 4.86. The van der Waals surface area contributed by atoms with Crippen LogP contribution in [0.3, 0.4) is 0 Å². The minimum absolute atomic E-state index is 0.156. The molecule has 0 spiro atoms. The van der Waals surface area contributed by atoms with Gasteiger partial charge in [-0.3, -0.25) is 4.40 Å². The van der Waals surface area contributed by atoms with Crippen molar-refractivity contribution in [3.05, 3.63) is 35.7 Å². The number of anilines is 1. The Hall–Kier alpha value is -2.28. The molecule has 1 aliphatic rings. The summed E-state index contributed by atoms with van der Waals surface area (Å²) in [6.07, 6.45) is 3.23. The number of hydrogen-bond donors (Lipinski definition) is 1. The Labute approximate surface area is 144 Å². The third-order valence-electron chi connectivity index (χ3n) is 4.86. The molecule has 2 aromatic heterocycles. The van der Waals surface area contributed by atoms with E-state index in [0.29, 0.717) is 5.95 Å². The van der Waals surface area contributed by atoms with Gasteiger partial charge in [0.25, 0.3) is 5.92 Å². The van der Waals surface area contributed by atoms with Crippen molar-refractivity contribution < 1.29 is 8.78 Å². The molecule has 0 amide bonds. The van der Waals surface area contributed by atoms with Gasteiger partial charge in [0, 0.05) is 49.8 Å². The molecule has 0 aliphatic carbocycles. The Bertz CT molecular complexity index is 937. The van der Waals surface area contributed by atoms with Crippen molar-refractivity contribution in [1.82, 2.24) is 14.4 Å². The molecule has 1 unspecified atom stereocenters. The SMILES string of the molecule is Cc1cc(C(C)N)c2nc(N3CCC(F)(F)CC3)n3ccnc3c2c1. The first-order valence-corrected chi connectivity index (χ1v) is 8.51. The number of imidazole rings is 1. The van der Waals surface area contributed by atoms with Gasteiger partial charge in [0.15, 0.2) is 0 Å². The van der Waals surface area contributed by atoms with Crippen molar-refractivity contribution in [3.8, 4) is 0 Å². The molecular formula is C18H21F2N5. The van der Waals surface area contributed by atoms with Crippen molar-refractivity contribution in [1.29, 1.82) is 0 Å². The van der Waals surface area contributed by atoms with Gasteiger partial charge in [0.1, 0.15) is 5.65 Å². The Morgan fingerprint density at radius 2 is 1.96 bits per heavy atom. The summed E-state index contributed by atoms with van der Waals surface area (Å²) >= 11 is 0. The summed E-state index contributed by atoms with van der Waals surface area (Å²) in [5.41, 5.74) is 9.77. The van der Waals surface area contributed by atoms with Gasteiger partial charge in [-0.15, -0.1) is 0 Å². The first-order chi connectivity index (χ1) is 11.9. The maximum atomic E-state index is 13.5. The molecule has 7 heteroatoms. The van der Waals surface area contributed by atoms with E-state index in [1.807, 2.05) is 41.5 Å². The van der Waals surface area contributed by atoms with Crippen LogP contribution in [0.15, 0.2) is 24.5 Å². The molecule has 0 bridgehead atoms. The largest absolute Gasteiger partial charge is 0.341 e. The van der Waals surface area contributed by atoms with Gasteiger partial charge in [-0.25, -0.2) is 18.7 Å². The summed E-state index contributed by atoms with van der Waals surface area (Å²) in [5, 5.41) is 0.934. The Morgan fingerprint density at radius 1 is 1.24 bits per heavy atom. The molecule has 25 heavy (non-hydrogen) atoms. The number of aromatic nitrogens is 3. The van der Waals surface area contributed by atoms with Crippen molar-refractivity contribution >= 4 is 22.5 Å². The highest BCUT2D eigenvalue weighted by Crippen LogP contribution is 2.33. The molecule has 132 valence electrons. The predicted octanol–water partition coefficient (Wildman–Crippen LogP) is 3.45. The van der Waals surface area contributed by atoms with Gasteiger partial charge >= 0.3 is 0 Å². The minimum Gasteiger partial charge on any atom is -0.341 e. The van der Waals surface area contributed by atoms with E-state index in [1.54, 1.807) is 6.20 Å². The minimum atomic E-state index is -2.59. The van der Waals surface area contributed by atoms with Crippen LogP contribution >= 0.6 is 0 Å². The summed E-state index contributed by atoms with van der Waals surface area (Å²) in [4.78, 5) is 11.2. The molecule has 5 nitrogen and oxygen atoms in total. The van der Waals surface area contributed by atoms with Gasteiger partial charge < -0.3 is 10.6 Å². The topological polar surface area (TPSA) is 59.5 Å². The molecule has 1 saturated heterocycles. The van der Waals surface area contributed by atoms with Crippen LogP contribution in [-0.2, 0) is 0 Å². The molecular weight excluding hydrogens is 324 g/mol. The molecule has 3 heterocycles. The van der Waals surface area contributed by atoms with Gasteiger partial charge in [0.05, 0.1) is 5.52 Å². The van der Waals surface area contributed by atoms with Gasteiger partial charge in [0.2, 0.25) is 5.95 Å². The second-order valence-electron chi connectivity index (χ2n) is 6.91. The average molecular weight is 345 g/mol. The van der Waals surface area contributed by atoms with Crippen LogP contribution in [0.5, 0.6) is 0 Å². The number of piperidine rings is 1. The number of alkyl halides is 2. The maximum Gasteiger partial charge on any atom is 0.251 e. The Kier molecular flexibility index (Phi) is 3.64. The molecule has 0 radical (unpaired) electrons. The average Bonchev–Trinajstić information content (AvgIpc) is 3.03. The molecule has 1 fully saturated rings. The first kappa shape index (κ1) is 16.2. The standard InChI is InChI=1S/C18H21F2N5/c1-11-9-13(12(2)21)15-14(10-11)16-22-5-8-25(16)17(23-15)24-6-3-18(19,20)4-7-24/h5,8-10,12H,3-4,6-7,21H2,1-2H3. The molecule has 0 saturated carbocycles. The normalized spacial score (nSPS) is 18.8. The maximum absolute atomic E-state index is 13.5. The zero-order chi connectivity index (χ0) is 17.8. The van der Waals surface area contributed by atoms with Gasteiger partial charge in [-0.1, -0.05) is 6.07 Å². The van der Waals surface area contributed by atoms with E-state index in [2.05, 4.69) is 4.98 Å².